The third-order valence-corrected chi connectivity index (χ3v) is 4.52. The van der Waals surface area contributed by atoms with Gasteiger partial charge in [-0.1, -0.05) is 22.7 Å². The largest absolute Gasteiger partial charge is 0.351 e. The number of nitrogens with one attached hydrogen (secondary N) is 2. The molecular formula is C15H15N5O2S. The first-order valence-corrected chi connectivity index (χ1v) is 7.88. The van der Waals surface area contributed by atoms with Crippen LogP contribution >= 0.6 is 11.5 Å². The number of aromatic nitrogens is 4. The summed E-state index contributed by atoms with van der Waals surface area (Å²) < 4.78 is 3.84. The number of aryl methyl sites for hydroxylation is 1. The highest BCUT2D eigenvalue weighted by atomic mass is 32.1. The van der Waals surface area contributed by atoms with Crippen LogP contribution in [0, 0.1) is 6.92 Å². The van der Waals surface area contributed by atoms with Crippen LogP contribution in [0.2, 0.25) is 0 Å². The predicted octanol–water partition coefficient (Wildman–Crippen LogP) is 1.50. The standard InChI is InChI=1S/C15H15N5O2S/c1-8(14(21)16-7-12-9(2)17-20-23-12)13-10-5-3-4-6-11(10)15(22)19-18-13/h3-6,8H,7H2,1-2H3,(H,16,21)(H,19,22)/t8-/m1/s1. The minimum absolute atomic E-state index is 0.164. The van der Waals surface area contributed by atoms with E-state index in [4.69, 9.17) is 0 Å². The van der Waals surface area contributed by atoms with Crippen LogP contribution in [0.4, 0.5) is 0 Å². The van der Waals surface area contributed by atoms with Crippen molar-refractivity contribution in [3.8, 4) is 0 Å². The van der Waals surface area contributed by atoms with Gasteiger partial charge in [-0.15, -0.1) is 5.10 Å². The van der Waals surface area contributed by atoms with E-state index in [0.717, 1.165) is 10.6 Å². The van der Waals surface area contributed by atoms with Gasteiger partial charge in [0, 0.05) is 5.39 Å². The second kappa shape index (κ2) is 6.25. The van der Waals surface area contributed by atoms with Crippen molar-refractivity contribution in [1.29, 1.82) is 0 Å². The Kier molecular flexibility index (Phi) is 4.16. The number of rotatable bonds is 4. The second-order valence-corrected chi connectivity index (χ2v) is 6.04. The molecule has 0 fully saturated rings. The molecule has 8 heteroatoms. The third-order valence-electron chi connectivity index (χ3n) is 3.70. The third kappa shape index (κ3) is 2.98. The van der Waals surface area contributed by atoms with E-state index in [-0.39, 0.29) is 11.5 Å². The van der Waals surface area contributed by atoms with E-state index in [2.05, 4.69) is 25.1 Å². The maximum absolute atomic E-state index is 12.4. The minimum atomic E-state index is -0.488. The summed E-state index contributed by atoms with van der Waals surface area (Å²) in [5, 5.41) is 14.5. The van der Waals surface area contributed by atoms with Crippen molar-refractivity contribution >= 4 is 28.2 Å². The summed E-state index contributed by atoms with van der Waals surface area (Å²) >= 11 is 1.26. The van der Waals surface area contributed by atoms with Crippen LogP contribution in [0.25, 0.3) is 10.8 Å². The molecule has 2 heterocycles. The first-order valence-electron chi connectivity index (χ1n) is 7.10. The van der Waals surface area contributed by atoms with E-state index in [1.54, 1.807) is 25.1 Å². The Morgan fingerprint density at radius 1 is 1.35 bits per heavy atom. The highest BCUT2D eigenvalue weighted by Gasteiger charge is 2.20. The van der Waals surface area contributed by atoms with Gasteiger partial charge in [0.15, 0.2) is 0 Å². The minimum Gasteiger partial charge on any atom is -0.351 e. The van der Waals surface area contributed by atoms with Gasteiger partial charge < -0.3 is 5.32 Å². The van der Waals surface area contributed by atoms with Gasteiger partial charge in [-0.2, -0.15) is 5.10 Å². The van der Waals surface area contributed by atoms with Crippen LogP contribution in [0.3, 0.4) is 0 Å². The molecule has 3 aromatic rings. The summed E-state index contributed by atoms with van der Waals surface area (Å²) in [6, 6.07) is 7.12. The average Bonchev–Trinajstić information content (AvgIpc) is 2.98. The summed E-state index contributed by atoms with van der Waals surface area (Å²) in [5.74, 6) is -0.652. The summed E-state index contributed by atoms with van der Waals surface area (Å²) in [6.45, 7) is 4.00. The number of carbonyl (C=O) groups is 1. The molecule has 0 bridgehead atoms. The quantitative estimate of drug-likeness (QED) is 0.755. The number of hydrogen-bond donors (Lipinski definition) is 2. The molecule has 0 saturated carbocycles. The zero-order valence-electron chi connectivity index (χ0n) is 12.7. The lowest BCUT2D eigenvalue weighted by Gasteiger charge is -2.13. The van der Waals surface area contributed by atoms with Gasteiger partial charge >= 0.3 is 0 Å². The van der Waals surface area contributed by atoms with Crippen molar-refractivity contribution in [2.75, 3.05) is 0 Å². The van der Waals surface area contributed by atoms with E-state index < -0.39 is 5.92 Å². The van der Waals surface area contributed by atoms with Crippen LogP contribution < -0.4 is 10.9 Å². The van der Waals surface area contributed by atoms with Crippen LogP contribution in [0.15, 0.2) is 29.1 Å². The molecule has 2 aromatic heterocycles. The molecule has 0 unspecified atom stereocenters. The molecule has 1 atom stereocenters. The molecular weight excluding hydrogens is 314 g/mol. The Morgan fingerprint density at radius 3 is 2.78 bits per heavy atom. The number of hydrogen-bond acceptors (Lipinski definition) is 6. The fraction of sp³-hybridized carbons (Fsp3) is 0.267. The number of nitrogens with zero attached hydrogens (tertiary/aromatic N) is 3. The van der Waals surface area contributed by atoms with Gasteiger partial charge in [0.1, 0.15) is 0 Å². The lowest BCUT2D eigenvalue weighted by atomic mass is 10.0. The van der Waals surface area contributed by atoms with Gasteiger partial charge in [0.25, 0.3) is 5.56 Å². The Labute approximate surface area is 135 Å². The summed E-state index contributed by atoms with van der Waals surface area (Å²) in [7, 11) is 0. The summed E-state index contributed by atoms with van der Waals surface area (Å²) in [6.07, 6.45) is 0. The van der Waals surface area contributed by atoms with E-state index in [0.29, 0.717) is 23.0 Å². The Morgan fingerprint density at radius 2 is 2.09 bits per heavy atom. The summed E-state index contributed by atoms with van der Waals surface area (Å²) in [4.78, 5) is 25.1. The first kappa shape index (κ1) is 15.3. The maximum atomic E-state index is 12.4. The Hall–Kier alpha value is -2.61. The highest BCUT2D eigenvalue weighted by Crippen LogP contribution is 2.21. The number of benzene rings is 1. The van der Waals surface area contributed by atoms with Gasteiger partial charge in [-0.05, 0) is 31.4 Å². The van der Waals surface area contributed by atoms with Crippen molar-refractivity contribution in [3.05, 3.63) is 50.9 Å². The molecule has 1 amide bonds. The molecule has 2 N–H and O–H groups in total. The molecule has 0 radical (unpaired) electrons. The van der Waals surface area contributed by atoms with Crippen molar-refractivity contribution in [2.24, 2.45) is 0 Å². The monoisotopic (exact) mass is 329 g/mol. The van der Waals surface area contributed by atoms with Crippen LogP contribution in [-0.2, 0) is 11.3 Å². The van der Waals surface area contributed by atoms with Gasteiger partial charge in [0.05, 0.1) is 34.1 Å². The Bertz CT molecular complexity index is 917. The van der Waals surface area contributed by atoms with E-state index in [1.165, 1.54) is 11.5 Å². The fourth-order valence-corrected chi connectivity index (χ4v) is 2.90. The van der Waals surface area contributed by atoms with Crippen LogP contribution in [0.1, 0.15) is 29.1 Å². The zero-order chi connectivity index (χ0) is 16.4. The number of H-pyrrole nitrogens is 1. The smallest absolute Gasteiger partial charge is 0.272 e. The molecule has 3 rings (SSSR count). The number of amides is 1. The Balaban J connectivity index is 1.84. The first-order chi connectivity index (χ1) is 11.1. The molecule has 0 aliphatic heterocycles. The van der Waals surface area contributed by atoms with Crippen molar-refractivity contribution in [2.45, 2.75) is 26.3 Å². The molecule has 7 nitrogen and oxygen atoms in total. The topological polar surface area (TPSA) is 101 Å². The SMILES string of the molecule is Cc1nnsc1CNC(=O)[C@H](C)c1n[nH]c(=O)c2ccccc12. The normalized spacial score (nSPS) is 12.3. The van der Waals surface area contributed by atoms with E-state index >= 15 is 0 Å². The molecule has 0 spiro atoms. The van der Waals surface area contributed by atoms with E-state index in [9.17, 15) is 9.59 Å². The second-order valence-electron chi connectivity index (χ2n) is 5.20. The maximum Gasteiger partial charge on any atom is 0.272 e. The molecule has 118 valence electrons. The lowest BCUT2D eigenvalue weighted by Crippen LogP contribution is -2.28. The summed E-state index contributed by atoms with van der Waals surface area (Å²) in [5.41, 5.74) is 1.11. The van der Waals surface area contributed by atoms with Crippen molar-refractivity contribution < 1.29 is 4.79 Å². The van der Waals surface area contributed by atoms with Crippen molar-refractivity contribution in [3.63, 3.8) is 0 Å². The van der Waals surface area contributed by atoms with E-state index in [1.807, 2.05) is 13.0 Å². The number of aromatic amines is 1. The molecule has 0 saturated heterocycles. The number of fused-ring (bicyclic) bond motifs is 1. The fourth-order valence-electron chi connectivity index (χ4n) is 2.32. The van der Waals surface area contributed by atoms with Gasteiger partial charge in [-0.3, -0.25) is 9.59 Å². The highest BCUT2D eigenvalue weighted by molar-refractivity contribution is 7.05. The lowest BCUT2D eigenvalue weighted by molar-refractivity contribution is -0.122. The predicted molar refractivity (Wildman–Crippen MR) is 87.3 cm³/mol. The van der Waals surface area contributed by atoms with Crippen molar-refractivity contribution in [1.82, 2.24) is 25.1 Å². The van der Waals surface area contributed by atoms with Gasteiger partial charge in [-0.25, -0.2) is 5.10 Å². The van der Waals surface area contributed by atoms with Gasteiger partial charge in [0.2, 0.25) is 5.91 Å². The molecule has 0 aliphatic carbocycles. The molecule has 23 heavy (non-hydrogen) atoms. The zero-order valence-corrected chi connectivity index (χ0v) is 13.5. The van der Waals surface area contributed by atoms with Crippen LogP contribution in [0.5, 0.6) is 0 Å². The number of carbonyl (C=O) groups excluding carboxylic acids is 1. The molecule has 0 aliphatic rings. The molecule has 1 aromatic carbocycles. The van der Waals surface area contributed by atoms with Crippen LogP contribution in [-0.4, -0.2) is 25.7 Å². The average molecular weight is 329 g/mol.